The number of nitrogens with one attached hydrogen (secondary N) is 2. The second-order valence-electron chi connectivity index (χ2n) is 5.15. The highest BCUT2D eigenvalue weighted by molar-refractivity contribution is 9.10. The Morgan fingerprint density at radius 2 is 1.78 bits per heavy atom. The van der Waals surface area contributed by atoms with E-state index in [2.05, 4.69) is 26.6 Å². The predicted molar refractivity (Wildman–Crippen MR) is 96.9 cm³/mol. The van der Waals surface area contributed by atoms with E-state index < -0.39 is 0 Å². The predicted octanol–water partition coefficient (Wildman–Crippen LogP) is 4.69. The van der Waals surface area contributed by atoms with Crippen LogP contribution in [-0.4, -0.2) is 11.8 Å². The quantitative estimate of drug-likeness (QED) is 0.738. The van der Waals surface area contributed by atoms with E-state index in [1.165, 1.54) is 0 Å². The van der Waals surface area contributed by atoms with Crippen molar-refractivity contribution < 1.29 is 9.59 Å². The van der Waals surface area contributed by atoms with Gasteiger partial charge in [-0.1, -0.05) is 33.6 Å². The number of halogens is 2. The van der Waals surface area contributed by atoms with Crippen molar-refractivity contribution in [2.45, 2.75) is 20.3 Å². The van der Waals surface area contributed by atoms with Gasteiger partial charge in [0, 0.05) is 20.9 Å². The third-order valence-electron chi connectivity index (χ3n) is 3.30. The molecule has 6 heteroatoms. The van der Waals surface area contributed by atoms with E-state index in [1.807, 2.05) is 26.0 Å². The highest BCUT2D eigenvalue weighted by atomic mass is 79.9. The lowest BCUT2D eigenvalue weighted by atomic mass is 10.2. The Morgan fingerprint density at radius 3 is 2.48 bits per heavy atom. The van der Waals surface area contributed by atoms with Gasteiger partial charge in [-0.25, -0.2) is 0 Å². The summed E-state index contributed by atoms with van der Waals surface area (Å²) in [7, 11) is 0. The number of amides is 2. The molecule has 0 saturated carbocycles. The lowest BCUT2D eigenvalue weighted by Gasteiger charge is -2.10. The number of aryl methyl sites for hydroxylation is 1. The standard InChI is InChI=1S/C17H16BrClN2O2/c1-10-8-12(6-7-13(10)18)20-16(22)9-17(23)21-15-5-3-4-14(19)11(15)2/h3-8H,9H2,1-2H3,(H,20,22)(H,21,23). The second-order valence-corrected chi connectivity index (χ2v) is 6.41. The molecule has 0 fully saturated rings. The van der Waals surface area contributed by atoms with Crippen molar-refractivity contribution in [1.82, 2.24) is 0 Å². The minimum absolute atomic E-state index is 0.263. The Kier molecular flexibility index (Phi) is 5.80. The van der Waals surface area contributed by atoms with Gasteiger partial charge >= 0.3 is 0 Å². The molecule has 4 nitrogen and oxygen atoms in total. The third kappa shape index (κ3) is 4.81. The van der Waals surface area contributed by atoms with Gasteiger partial charge in [0.05, 0.1) is 0 Å². The van der Waals surface area contributed by atoms with Gasteiger partial charge in [0.1, 0.15) is 6.42 Å². The molecule has 2 aromatic carbocycles. The van der Waals surface area contributed by atoms with Crippen LogP contribution in [0.5, 0.6) is 0 Å². The molecule has 120 valence electrons. The van der Waals surface area contributed by atoms with Gasteiger partial charge in [0.2, 0.25) is 11.8 Å². The summed E-state index contributed by atoms with van der Waals surface area (Å²) in [4.78, 5) is 23.9. The van der Waals surface area contributed by atoms with E-state index in [4.69, 9.17) is 11.6 Å². The lowest BCUT2D eigenvalue weighted by Crippen LogP contribution is -2.21. The molecule has 0 saturated heterocycles. The van der Waals surface area contributed by atoms with Gasteiger partial charge in [0.25, 0.3) is 0 Å². The molecule has 0 spiro atoms. The van der Waals surface area contributed by atoms with E-state index >= 15 is 0 Å². The molecule has 0 heterocycles. The van der Waals surface area contributed by atoms with Crippen molar-refractivity contribution >= 4 is 50.7 Å². The summed E-state index contributed by atoms with van der Waals surface area (Å²) >= 11 is 9.40. The Labute approximate surface area is 148 Å². The highest BCUT2D eigenvalue weighted by Crippen LogP contribution is 2.23. The average Bonchev–Trinajstić information content (AvgIpc) is 2.47. The fraction of sp³-hybridized carbons (Fsp3) is 0.176. The first-order chi connectivity index (χ1) is 10.9. The first kappa shape index (κ1) is 17.5. The topological polar surface area (TPSA) is 58.2 Å². The molecule has 23 heavy (non-hydrogen) atoms. The zero-order valence-corrected chi connectivity index (χ0v) is 15.1. The van der Waals surface area contributed by atoms with Crippen molar-refractivity contribution in [2.24, 2.45) is 0 Å². The van der Waals surface area contributed by atoms with Gasteiger partial charge in [-0.15, -0.1) is 0 Å². The smallest absolute Gasteiger partial charge is 0.233 e. The van der Waals surface area contributed by atoms with E-state index in [9.17, 15) is 9.59 Å². The van der Waals surface area contributed by atoms with Gasteiger partial charge in [-0.3, -0.25) is 9.59 Å². The fourth-order valence-electron chi connectivity index (χ4n) is 2.01. The Balaban J connectivity index is 1.95. The lowest BCUT2D eigenvalue weighted by molar-refractivity contribution is -0.123. The number of benzene rings is 2. The SMILES string of the molecule is Cc1cc(NC(=O)CC(=O)Nc2cccc(Cl)c2C)ccc1Br. The van der Waals surface area contributed by atoms with Crippen LogP contribution in [0.2, 0.25) is 5.02 Å². The van der Waals surface area contributed by atoms with E-state index in [-0.39, 0.29) is 18.2 Å². The van der Waals surface area contributed by atoms with Gasteiger partial charge in [-0.2, -0.15) is 0 Å². The van der Waals surface area contributed by atoms with Crippen molar-refractivity contribution in [1.29, 1.82) is 0 Å². The van der Waals surface area contributed by atoms with E-state index in [0.29, 0.717) is 16.4 Å². The average molecular weight is 396 g/mol. The van der Waals surface area contributed by atoms with Crippen molar-refractivity contribution in [3.05, 3.63) is 57.0 Å². The summed E-state index contributed by atoms with van der Waals surface area (Å²) in [6, 6.07) is 10.7. The maximum atomic E-state index is 12.0. The van der Waals surface area contributed by atoms with Crippen molar-refractivity contribution in [2.75, 3.05) is 10.6 Å². The van der Waals surface area contributed by atoms with Gasteiger partial charge in [-0.05, 0) is 55.3 Å². The van der Waals surface area contributed by atoms with Crippen molar-refractivity contribution in [3.8, 4) is 0 Å². The molecule has 2 rings (SSSR count). The van der Waals surface area contributed by atoms with Gasteiger partial charge < -0.3 is 10.6 Å². The molecule has 0 unspecified atom stereocenters. The van der Waals surface area contributed by atoms with Gasteiger partial charge in [0.15, 0.2) is 0 Å². The third-order valence-corrected chi connectivity index (χ3v) is 4.60. The van der Waals surface area contributed by atoms with E-state index in [0.717, 1.165) is 15.6 Å². The first-order valence-electron chi connectivity index (χ1n) is 6.98. The number of hydrogen-bond donors (Lipinski definition) is 2. The Bertz CT molecular complexity index is 762. The van der Waals surface area contributed by atoms with Crippen LogP contribution in [0.1, 0.15) is 17.5 Å². The van der Waals surface area contributed by atoms with Crippen LogP contribution < -0.4 is 10.6 Å². The molecule has 2 N–H and O–H groups in total. The molecule has 0 aliphatic rings. The monoisotopic (exact) mass is 394 g/mol. The summed E-state index contributed by atoms with van der Waals surface area (Å²) in [5.74, 6) is -0.759. The molecule has 0 aliphatic carbocycles. The maximum absolute atomic E-state index is 12.0. The largest absolute Gasteiger partial charge is 0.326 e. The minimum Gasteiger partial charge on any atom is -0.326 e. The number of anilines is 2. The molecule has 0 aliphatic heterocycles. The van der Waals surface area contributed by atoms with E-state index in [1.54, 1.807) is 24.3 Å². The molecular formula is C17H16BrClN2O2. The van der Waals surface area contributed by atoms with Crippen LogP contribution in [0.15, 0.2) is 40.9 Å². The maximum Gasteiger partial charge on any atom is 0.233 e. The van der Waals surface area contributed by atoms with Crippen LogP contribution in [-0.2, 0) is 9.59 Å². The summed E-state index contributed by atoms with van der Waals surface area (Å²) in [6.45, 7) is 3.73. The summed E-state index contributed by atoms with van der Waals surface area (Å²) in [5, 5.41) is 5.97. The molecule has 2 amide bonds. The number of hydrogen-bond acceptors (Lipinski definition) is 2. The Morgan fingerprint density at radius 1 is 1.09 bits per heavy atom. The zero-order valence-electron chi connectivity index (χ0n) is 12.7. The number of carbonyl (C=O) groups is 2. The molecule has 0 radical (unpaired) electrons. The normalized spacial score (nSPS) is 10.3. The van der Waals surface area contributed by atoms with Crippen LogP contribution in [0.25, 0.3) is 0 Å². The summed E-state index contributed by atoms with van der Waals surface area (Å²) in [5.41, 5.74) is 3.03. The van der Waals surface area contributed by atoms with Crippen LogP contribution in [0.4, 0.5) is 11.4 Å². The van der Waals surface area contributed by atoms with Crippen molar-refractivity contribution in [3.63, 3.8) is 0 Å². The molecule has 0 atom stereocenters. The highest BCUT2D eigenvalue weighted by Gasteiger charge is 2.12. The van der Waals surface area contributed by atoms with Crippen LogP contribution in [0, 0.1) is 13.8 Å². The first-order valence-corrected chi connectivity index (χ1v) is 8.15. The summed E-state index contributed by atoms with van der Waals surface area (Å²) < 4.78 is 0.963. The van der Waals surface area contributed by atoms with Crippen LogP contribution >= 0.6 is 27.5 Å². The van der Waals surface area contributed by atoms with Crippen LogP contribution in [0.3, 0.4) is 0 Å². The molecular weight excluding hydrogens is 380 g/mol. The molecule has 2 aromatic rings. The molecule has 0 aromatic heterocycles. The second kappa shape index (κ2) is 7.62. The minimum atomic E-state index is -0.387. The fourth-order valence-corrected chi connectivity index (χ4v) is 2.43. The summed E-state index contributed by atoms with van der Waals surface area (Å²) in [6.07, 6.45) is -0.263. The molecule has 0 bridgehead atoms. The number of carbonyl (C=O) groups excluding carboxylic acids is 2. The number of rotatable bonds is 4. The Hall–Kier alpha value is -1.85. The zero-order chi connectivity index (χ0) is 17.0.